The number of carbonyl (C=O) groups excluding carboxylic acids is 3. The zero-order chi connectivity index (χ0) is 21.1. The lowest BCUT2D eigenvalue weighted by atomic mass is 10.1. The van der Waals surface area contributed by atoms with Crippen LogP contribution in [0.3, 0.4) is 0 Å². The molecule has 0 aliphatic carbocycles. The topological polar surface area (TPSA) is 70.2 Å². The molecule has 1 unspecified atom stereocenters. The van der Waals surface area contributed by atoms with Gasteiger partial charge in [0.1, 0.15) is 0 Å². The number of ether oxygens (including phenoxy) is 1. The first-order valence-corrected chi connectivity index (χ1v) is 10.1. The zero-order valence-corrected chi connectivity index (χ0v) is 17.0. The summed E-state index contributed by atoms with van der Waals surface area (Å²) in [5.74, 6) is -0.743. The van der Waals surface area contributed by atoms with Gasteiger partial charge in [0, 0.05) is 56.1 Å². The number of anilines is 2. The second-order valence-electron chi connectivity index (χ2n) is 7.59. The zero-order valence-electron chi connectivity index (χ0n) is 17.0. The van der Waals surface area contributed by atoms with Crippen LogP contribution in [0.15, 0.2) is 54.6 Å². The lowest BCUT2D eigenvalue weighted by molar-refractivity contribution is -0.145. The molecular formula is C23H25N3O4. The lowest BCUT2D eigenvalue weighted by Crippen LogP contribution is -2.48. The van der Waals surface area contributed by atoms with Gasteiger partial charge >= 0.3 is 5.97 Å². The first kappa shape index (κ1) is 19.9. The van der Waals surface area contributed by atoms with E-state index in [1.165, 1.54) is 7.11 Å². The molecule has 2 amide bonds. The number of carbonyl (C=O) groups is 3. The number of rotatable bonds is 4. The molecule has 0 bridgehead atoms. The highest BCUT2D eigenvalue weighted by molar-refractivity contribution is 5.99. The van der Waals surface area contributed by atoms with Crippen LogP contribution >= 0.6 is 0 Å². The van der Waals surface area contributed by atoms with Gasteiger partial charge in [0.05, 0.1) is 13.0 Å². The molecule has 156 valence electrons. The molecule has 2 fully saturated rings. The first-order chi connectivity index (χ1) is 14.6. The lowest BCUT2D eigenvalue weighted by Gasteiger charge is -2.36. The molecule has 7 heteroatoms. The Labute approximate surface area is 175 Å². The van der Waals surface area contributed by atoms with Crippen LogP contribution in [0, 0.1) is 5.92 Å². The highest BCUT2D eigenvalue weighted by Crippen LogP contribution is 2.28. The van der Waals surface area contributed by atoms with Crippen molar-refractivity contribution >= 4 is 29.2 Å². The third kappa shape index (κ3) is 4.01. The fraction of sp³-hybridized carbons (Fsp3) is 0.348. The van der Waals surface area contributed by atoms with Crippen LogP contribution in [-0.2, 0) is 14.3 Å². The van der Waals surface area contributed by atoms with Crippen LogP contribution in [0.4, 0.5) is 11.4 Å². The van der Waals surface area contributed by atoms with Gasteiger partial charge < -0.3 is 19.4 Å². The number of hydrogen-bond donors (Lipinski definition) is 0. The van der Waals surface area contributed by atoms with Crippen LogP contribution in [0.5, 0.6) is 0 Å². The molecule has 0 saturated carbocycles. The summed E-state index contributed by atoms with van der Waals surface area (Å²) >= 11 is 0. The molecule has 2 aliphatic rings. The molecule has 0 radical (unpaired) electrons. The van der Waals surface area contributed by atoms with Crippen molar-refractivity contribution in [2.75, 3.05) is 49.6 Å². The Kier molecular flexibility index (Phi) is 5.70. The second kappa shape index (κ2) is 8.57. The molecule has 2 aromatic carbocycles. The minimum absolute atomic E-state index is 0.0637. The summed E-state index contributed by atoms with van der Waals surface area (Å²) in [6, 6.07) is 17.2. The fourth-order valence-electron chi connectivity index (χ4n) is 4.06. The fourth-order valence-corrected chi connectivity index (χ4v) is 4.06. The summed E-state index contributed by atoms with van der Waals surface area (Å²) in [5, 5.41) is 0. The van der Waals surface area contributed by atoms with Gasteiger partial charge in [0.2, 0.25) is 5.91 Å². The smallest absolute Gasteiger partial charge is 0.311 e. The van der Waals surface area contributed by atoms with Crippen molar-refractivity contribution in [1.82, 2.24) is 4.90 Å². The van der Waals surface area contributed by atoms with E-state index in [1.54, 1.807) is 4.90 Å². The standard InChI is InChI=1S/C23H25N3O4/c1-30-23(29)18-15-21(27)26(16-18)20-9-7-19(8-10-20)24-11-13-25(14-12-24)22(28)17-5-3-2-4-6-17/h2-10,18H,11-16H2,1H3. The van der Waals surface area contributed by atoms with E-state index in [4.69, 9.17) is 4.74 Å². The highest BCUT2D eigenvalue weighted by Gasteiger charge is 2.35. The number of methoxy groups -OCH3 is 1. The predicted octanol–water partition coefficient (Wildman–Crippen LogP) is 2.17. The van der Waals surface area contributed by atoms with Gasteiger partial charge in [0.15, 0.2) is 0 Å². The van der Waals surface area contributed by atoms with E-state index in [0.717, 1.165) is 30.0 Å². The Morgan fingerprint density at radius 3 is 2.17 bits per heavy atom. The Morgan fingerprint density at radius 2 is 1.53 bits per heavy atom. The molecule has 0 spiro atoms. The molecule has 0 aromatic heterocycles. The van der Waals surface area contributed by atoms with Crippen molar-refractivity contribution in [2.24, 2.45) is 5.92 Å². The van der Waals surface area contributed by atoms with E-state index in [-0.39, 0.29) is 24.2 Å². The van der Waals surface area contributed by atoms with Crippen LogP contribution in [0.1, 0.15) is 16.8 Å². The van der Waals surface area contributed by atoms with E-state index in [2.05, 4.69) is 4.90 Å². The third-order valence-corrected chi connectivity index (χ3v) is 5.77. The SMILES string of the molecule is COC(=O)C1CC(=O)N(c2ccc(N3CCN(C(=O)c4ccccc4)CC3)cc2)C1. The van der Waals surface area contributed by atoms with Gasteiger partial charge in [-0.3, -0.25) is 14.4 Å². The molecule has 7 nitrogen and oxygen atoms in total. The summed E-state index contributed by atoms with van der Waals surface area (Å²) in [7, 11) is 1.34. The number of amides is 2. The van der Waals surface area contributed by atoms with Gasteiger partial charge in [-0.15, -0.1) is 0 Å². The van der Waals surface area contributed by atoms with Crippen molar-refractivity contribution in [1.29, 1.82) is 0 Å². The highest BCUT2D eigenvalue weighted by atomic mass is 16.5. The third-order valence-electron chi connectivity index (χ3n) is 5.77. The quantitative estimate of drug-likeness (QED) is 0.727. The number of esters is 1. The summed E-state index contributed by atoms with van der Waals surface area (Å²) in [6.07, 6.45) is 0.186. The predicted molar refractivity (Wildman–Crippen MR) is 113 cm³/mol. The number of nitrogens with zero attached hydrogens (tertiary/aromatic N) is 3. The summed E-state index contributed by atoms with van der Waals surface area (Å²) in [4.78, 5) is 42.4. The summed E-state index contributed by atoms with van der Waals surface area (Å²) in [6.45, 7) is 3.20. The molecule has 1 atom stereocenters. The van der Waals surface area contributed by atoms with E-state index in [1.807, 2.05) is 59.5 Å². The van der Waals surface area contributed by atoms with Gasteiger partial charge in [-0.05, 0) is 36.4 Å². The van der Waals surface area contributed by atoms with E-state index in [9.17, 15) is 14.4 Å². The van der Waals surface area contributed by atoms with Crippen molar-refractivity contribution in [3.8, 4) is 0 Å². The van der Waals surface area contributed by atoms with Crippen LogP contribution in [0.2, 0.25) is 0 Å². The molecule has 2 aliphatic heterocycles. The van der Waals surface area contributed by atoms with Crippen molar-refractivity contribution in [2.45, 2.75) is 6.42 Å². The molecule has 0 N–H and O–H groups in total. The van der Waals surface area contributed by atoms with Gasteiger partial charge in [-0.25, -0.2) is 0 Å². The van der Waals surface area contributed by atoms with E-state index < -0.39 is 5.92 Å². The van der Waals surface area contributed by atoms with E-state index >= 15 is 0 Å². The second-order valence-corrected chi connectivity index (χ2v) is 7.59. The van der Waals surface area contributed by atoms with Crippen LogP contribution in [-0.4, -0.2) is 62.5 Å². The van der Waals surface area contributed by atoms with E-state index in [0.29, 0.717) is 19.6 Å². The average molecular weight is 407 g/mol. The number of piperazine rings is 1. The molecular weight excluding hydrogens is 382 g/mol. The monoisotopic (exact) mass is 407 g/mol. The maximum Gasteiger partial charge on any atom is 0.311 e. The largest absolute Gasteiger partial charge is 0.469 e. The normalized spacial score (nSPS) is 19.2. The average Bonchev–Trinajstić information content (AvgIpc) is 3.20. The van der Waals surface area contributed by atoms with Crippen molar-refractivity contribution < 1.29 is 19.1 Å². The van der Waals surface area contributed by atoms with Gasteiger partial charge in [-0.1, -0.05) is 18.2 Å². The Morgan fingerprint density at radius 1 is 0.900 bits per heavy atom. The molecule has 2 aromatic rings. The minimum Gasteiger partial charge on any atom is -0.469 e. The maximum absolute atomic E-state index is 12.6. The molecule has 30 heavy (non-hydrogen) atoms. The first-order valence-electron chi connectivity index (χ1n) is 10.1. The minimum atomic E-state index is -0.405. The van der Waals surface area contributed by atoms with Crippen LogP contribution < -0.4 is 9.80 Å². The van der Waals surface area contributed by atoms with Crippen molar-refractivity contribution in [3.63, 3.8) is 0 Å². The number of hydrogen-bond acceptors (Lipinski definition) is 5. The Bertz CT molecular complexity index is 921. The van der Waals surface area contributed by atoms with Gasteiger partial charge in [0.25, 0.3) is 5.91 Å². The summed E-state index contributed by atoms with van der Waals surface area (Å²) < 4.78 is 4.77. The van der Waals surface area contributed by atoms with Gasteiger partial charge in [-0.2, -0.15) is 0 Å². The maximum atomic E-state index is 12.6. The molecule has 2 heterocycles. The molecule has 2 saturated heterocycles. The van der Waals surface area contributed by atoms with Crippen LogP contribution in [0.25, 0.3) is 0 Å². The van der Waals surface area contributed by atoms with Crippen molar-refractivity contribution in [3.05, 3.63) is 60.2 Å². The molecule has 4 rings (SSSR count). The summed E-state index contributed by atoms with van der Waals surface area (Å²) in [5.41, 5.74) is 2.56. The Balaban J connectivity index is 1.36. The Hall–Kier alpha value is -3.35. The number of benzene rings is 2.